The Morgan fingerprint density at radius 3 is 2.58 bits per heavy atom. The maximum Gasteiger partial charge on any atom is 0.353 e. The number of nitrogens with two attached hydrogens (primary N) is 1. The van der Waals surface area contributed by atoms with Crippen molar-refractivity contribution < 1.29 is 9.66 Å². The topological polar surface area (TPSA) is 123 Å². The van der Waals surface area contributed by atoms with Crippen molar-refractivity contribution >= 4 is 23.3 Å². The zero-order chi connectivity index (χ0) is 17.5. The van der Waals surface area contributed by atoms with Crippen molar-refractivity contribution in [1.82, 2.24) is 14.9 Å². The van der Waals surface area contributed by atoms with Crippen LogP contribution in [0, 0.1) is 10.1 Å². The van der Waals surface area contributed by atoms with Gasteiger partial charge in [-0.25, -0.2) is 0 Å². The lowest BCUT2D eigenvalue weighted by molar-refractivity contribution is -0.383. The van der Waals surface area contributed by atoms with Crippen molar-refractivity contribution in [3.8, 4) is 0 Å². The third-order valence-electron chi connectivity index (χ3n) is 3.99. The number of anilines is 3. The Hall–Kier alpha value is -2.20. The van der Waals surface area contributed by atoms with Gasteiger partial charge in [-0.15, -0.1) is 0 Å². The van der Waals surface area contributed by atoms with Crippen LogP contribution in [0.15, 0.2) is 0 Å². The molecule has 3 N–H and O–H groups in total. The summed E-state index contributed by atoms with van der Waals surface area (Å²) in [5.41, 5.74) is 5.57. The highest BCUT2D eigenvalue weighted by Crippen LogP contribution is 2.32. The quantitative estimate of drug-likeness (QED) is 0.516. The minimum absolute atomic E-state index is 0.123. The number of hydrogen-bond donors (Lipinski definition) is 2. The van der Waals surface area contributed by atoms with Gasteiger partial charge in [-0.05, 0) is 13.1 Å². The standard InChI is InChI=1S/C14H25N7O3/c1-3-19(4-2)6-5-16-14-17-12(15)11(21(22)23)13(18-14)20-7-9-24-10-8-20/h3-10H2,1-2H3,(H3,15,16,17,18). The Kier molecular flexibility index (Phi) is 6.50. The van der Waals surface area contributed by atoms with E-state index in [1.165, 1.54) is 0 Å². The molecule has 10 nitrogen and oxygen atoms in total. The SMILES string of the molecule is CCN(CC)CCNc1nc(N)c([N+](=O)[O-])c(N2CCOCC2)n1. The fraction of sp³-hybridized carbons (Fsp3) is 0.714. The fourth-order valence-electron chi connectivity index (χ4n) is 2.58. The van der Waals surface area contributed by atoms with Crippen LogP contribution in [-0.2, 0) is 4.74 Å². The third kappa shape index (κ3) is 4.42. The number of nitro groups is 1. The largest absolute Gasteiger partial charge is 0.378 e. The van der Waals surface area contributed by atoms with E-state index in [1.807, 2.05) is 4.90 Å². The van der Waals surface area contributed by atoms with Crippen LogP contribution in [0.5, 0.6) is 0 Å². The average molecular weight is 339 g/mol. The number of rotatable bonds is 8. The van der Waals surface area contributed by atoms with Crippen LogP contribution in [0.2, 0.25) is 0 Å². The third-order valence-corrected chi connectivity index (χ3v) is 3.99. The molecule has 1 fully saturated rings. The molecule has 134 valence electrons. The molecule has 0 aliphatic carbocycles. The number of hydrogen-bond acceptors (Lipinski definition) is 9. The highest BCUT2D eigenvalue weighted by molar-refractivity contribution is 5.71. The van der Waals surface area contributed by atoms with Crippen molar-refractivity contribution in [3.63, 3.8) is 0 Å². The van der Waals surface area contributed by atoms with Gasteiger partial charge in [-0.3, -0.25) is 10.1 Å². The van der Waals surface area contributed by atoms with Crippen molar-refractivity contribution in [3.05, 3.63) is 10.1 Å². The monoisotopic (exact) mass is 339 g/mol. The smallest absolute Gasteiger partial charge is 0.353 e. The molecule has 1 aromatic rings. The molecule has 1 aromatic heterocycles. The van der Waals surface area contributed by atoms with Crippen molar-refractivity contribution in [1.29, 1.82) is 0 Å². The van der Waals surface area contributed by atoms with Crippen molar-refractivity contribution in [2.24, 2.45) is 0 Å². The van der Waals surface area contributed by atoms with E-state index in [0.29, 0.717) is 38.8 Å². The molecule has 0 atom stereocenters. The summed E-state index contributed by atoms with van der Waals surface area (Å²) in [5.74, 6) is 0.440. The first-order chi connectivity index (χ1) is 11.6. The molecule has 0 radical (unpaired) electrons. The summed E-state index contributed by atoms with van der Waals surface area (Å²) in [6.45, 7) is 9.67. The van der Waals surface area contributed by atoms with E-state index in [2.05, 4.69) is 34.0 Å². The summed E-state index contributed by atoms with van der Waals surface area (Å²) in [7, 11) is 0. The first kappa shape index (κ1) is 18.1. The first-order valence-electron chi connectivity index (χ1n) is 8.17. The predicted octanol–water partition coefficient (Wildman–Crippen LogP) is 0.557. The van der Waals surface area contributed by atoms with Crippen LogP contribution < -0.4 is 16.0 Å². The Labute approximate surface area is 141 Å². The average Bonchev–Trinajstić information content (AvgIpc) is 2.58. The second kappa shape index (κ2) is 8.60. The molecule has 2 rings (SSSR count). The second-order valence-corrected chi connectivity index (χ2v) is 5.41. The number of aromatic nitrogens is 2. The number of nitrogens with one attached hydrogen (secondary N) is 1. The normalized spacial score (nSPS) is 14.9. The Bertz CT molecular complexity index is 560. The van der Waals surface area contributed by atoms with Crippen LogP contribution in [0.3, 0.4) is 0 Å². The van der Waals surface area contributed by atoms with Crippen LogP contribution in [0.1, 0.15) is 13.8 Å². The fourth-order valence-corrected chi connectivity index (χ4v) is 2.58. The summed E-state index contributed by atoms with van der Waals surface area (Å²) >= 11 is 0. The number of morpholine rings is 1. The van der Waals surface area contributed by atoms with Gasteiger partial charge in [0.05, 0.1) is 18.1 Å². The molecule has 1 aliphatic rings. The van der Waals surface area contributed by atoms with E-state index in [9.17, 15) is 10.1 Å². The number of ether oxygens (including phenoxy) is 1. The highest BCUT2D eigenvalue weighted by Gasteiger charge is 2.28. The Balaban J connectivity index is 2.17. The molecule has 0 aromatic carbocycles. The predicted molar refractivity (Wildman–Crippen MR) is 92.4 cm³/mol. The molecule has 0 spiro atoms. The van der Waals surface area contributed by atoms with Crippen molar-refractivity contribution in [2.75, 3.05) is 68.4 Å². The molecule has 0 unspecified atom stereocenters. The van der Waals surface area contributed by atoms with E-state index in [0.717, 1.165) is 19.6 Å². The summed E-state index contributed by atoms with van der Waals surface area (Å²) in [5, 5.41) is 14.4. The van der Waals surface area contributed by atoms with Gasteiger partial charge in [0.1, 0.15) is 0 Å². The van der Waals surface area contributed by atoms with E-state index >= 15 is 0 Å². The van der Waals surface area contributed by atoms with Gasteiger partial charge >= 0.3 is 5.69 Å². The van der Waals surface area contributed by atoms with E-state index in [-0.39, 0.29) is 17.3 Å². The van der Waals surface area contributed by atoms with Gasteiger partial charge in [0.25, 0.3) is 0 Å². The summed E-state index contributed by atoms with van der Waals surface area (Å²) in [6.07, 6.45) is 0. The molecular weight excluding hydrogens is 314 g/mol. The van der Waals surface area contributed by atoms with Gasteiger partial charge in [-0.1, -0.05) is 13.8 Å². The van der Waals surface area contributed by atoms with Gasteiger partial charge < -0.3 is 25.6 Å². The minimum Gasteiger partial charge on any atom is -0.378 e. The maximum atomic E-state index is 11.3. The number of likely N-dealkylation sites (N-methyl/N-ethyl adjacent to an activating group) is 1. The maximum absolute atomic E-state index is 11.3. The lowest BCUT2D eigenvalue weighted by Crippen LogP contribution is -2.37. The van der Waals surface area contributed by atoms with E-state index in [1.54, 1.807) is 0 Å². The van der Waals surface area contributed by atoms with Gasteiger partial charge in [0, 0.05) is 26.2 Å². The van der Waals surface area contributed by atoms with Gasteiger partial charge in [0.2, 0.25) is 17.6 Å². The minimum atomic E-state index is -0.528. The Morgan fingerprint density at radius 1 is 1.33 bits per heavy atom. The van der Waals surface area contributed by atoms with E-state index in [4.69, 9.17) is 10.5 Å². The van der Waals surface area contributed by atoms with Crippen LogP contribution in [-0.4, -0.2) is 72.3 Å². The second-order valence-electron chi connectivity index (χ2n) is 5.41. The first-order valence-corrected chi connectivity index (χ1v) is 8.17. The molecule has 0 amide bonds. The summed E-state index contributed by atoms with van der Waals surface area (Å²) in [6, 6.07) is 0. The van der Waals surface area contributed by atoms with Gasteiger partial charge in [0.15, 0.2) is 0 Å². The summed E-state index contributed by atoms with van der Waals surface area (Å²) < 4.78 is 5.29. The molecule has 0 bridgehead atoms. The zero-order valence-electron chi connectivity index (χ0n) is 14.2. The molecule has 1 aliphatic heterocycles. The number of nitrogen functional groups attached to an aromatic ring is 1. The molecule has 0 saturated carbocycles. The van der Waals surface area contributed by atoms with Crippen molar-refractivity contribution in [2.45, 2.75) is 13.8 Å². The van der Waals surface area contributed by atoms with Crippen LogP contribution in [0.4, 0.5) is 23.3 Å². The lowest BCUT2D eigenvalue weighted by atomic mass is 10.3. The highest BCUT2D eigenvalue weighted by atomic mass is 16.6. The van der Waals surface area contributed by atoms with Crippen LogP contribution in [0.25, 0.3) is 0 Å². The molecular formula is C14H25N7O3. The molecule has 24 heavy (non-hydrogen) atoms. The molecule has 2 heterocycles. The van der Waals surface area contributed by atoms with Crippen LogP contribution >= 0.6 is 0 Å². The Morgan fingerprint density at radius 2 is 2.00 bits per heavy atom. The molecule has 1 saturated heterocycles. The zero-order valence-corrected chi connectivity index (χ0v) is 14.2. The lowest BCUT2D eigenvalue weighted by Gasteiger charge is -2.27. The van der Waals surface area contributed by atoms with E-state index < -0.39 is 4.92 Å². The summed E-state index contributed by atoms with van der Waals surface area (Å²) in [4.78, 5) is 23.3. The van der Waals surface area contributed by atoms with Gasteiger partial charge in [-0.2, -0.15) is 9.97 Å². The molecule has 10 heteroatoms. The number of nitrogens with zero attached hydrogens (tertiary/aromatic N) is 5.